The fourth-order valence-electron chi connectivity index (χ4n) is 3.27. The van der Waals surface area contributed by atoms with Crippen molar-refractivity contribution in [3.8, 4) is 0 Å². The zero-order valence-corrected chi connectivity index (χ0v) is 11.1. The number of nitrogens with zero attached hydrogens (tertiary/aromatic N) is 3. The van der Waals surface area contributed by atoms with Gasteiger partial charge in [-0.3, -0.25) is 10.2 Å². The lowest BCUT2D eigenvalue weighted by Crippen LogP contribution is -2.52. The van der Waals surface area contributed by atoms with Crippen molar-refractivity contribution in [2.75, 3.05) is 6.54 Å². The summed E-state index contributed by atoms with van der Waals surface area (Å²) >= 11 is 0. The second kappa shape index (κ2) is 4.26. The largest absolute Gasteiger partial charge is 0.339 e. The van der Waals surface area contributed by atoms with E-state index in [4.69, 9.17) is 0 Å². The van der Waals surface area contributed by atoms with Gasteiger partial charge in [-0.05, 0) is 17.7 Å². The van der Waals surface area contributed by atoms with E-state index >= 15 is 0 Å². The molecule has 2 aromatic rings. The van der Waals surface area contributed by atoms with E-state index in [9.17, 15) is 4.79 Å². The first-order chi connectivity index (χ1) is 9.72. The van der Waals surface area contributed by atoms with Crippen LogP contribution in [0.5, 0.6) is 0 Å². The summed E-state index contributed by atoms with van der Waals surface area (Å²) in [6.07, 6.45) is 0.537. The minimum absolute atomic E-state index is 0.0128. The number of hydrogen-bond acceptors (Lipinski definition) is 5. The Balaban J connectivity index is 1.74. The van der Waals surface area contributed by atoms with Crippen LogP contribution in [0.15, 0.2) is 18.2 Å². The van der Waals surface area contributed by atoms with Gasteiger partial charge < -0.3 is 5.32 Å². The van der Waals surface area contributed by atoms with Crippen LogP contribution < -0.4 is 16.2 Å². The second-order valence-electron chi connectivity index (χ2n) is 5.51. The Morgan fingerprint density at radius 2 is 2.30 bits per heavy atom. The quantitative estimate of drug-likeness (QED) is 0.659. The standard InChI is InChI=1S/C13H16N6O/c1-19-11-3-2-7(4-10(11)16-18-19)8-5-12(20)15-13-9(8)6-14-17-13/h2-4,8-9,13-14,17H,5-6H2,1H3,(H,15,20). The molecular formula is C13H16N6O. The van der Waals surface area contributed by atoms with E-state index in [0.717, 1.165) is 23.1 Å². The fraction of sp³-hybridized carbons (Fsp3) is 0.462. The van der Waals surface area contributed by atoms with Gasteiger partial charge in [0.25, 0.3) is 0 Å². The van der Waals surface area contributed by atoms with Gasteiger partial charge in [-0.15, -0.1) is 5.10 Å². The van der Waals surface area contributed by atoms with Gasteiger partial charge in [-0.25, -0.2) is 10.1 Å². The van der Waals surface area contributed by atoms with Gasteiger partial charge in [-0.2, -0.15) is 0 Å². The van der Waals surface area contributed by atoms with Gasteiger partial charge in [0, 0.05) is 31.8 Å². The zero-order valence-electron chi connectivity index (χ0n) is 11.1. The molecule has 1 aromatic heterocycles. The third kappa shape index (κ3) is 1.70. The summed E-state index contributed by atoms with van der Waals surface area (Å²) in [5.41, 5.74) is 9.29. The molecule has 2 fully saturated rings. The number of nitrogens with one attached hydrogen (secondary N) is 3. The summed E-state index contributed by atoms with van der Waals surface area (Å²) in [5.74, 6) is 0.663. The lowest BCUT2D eigenvalue weighted by molar-refractivity contribution is -0.124. The van der Waals surface area contributed by atoms with E-state index in [1.54, 1.807) is 4.68 Å². The average molecular weight is 272 g/mol. The number of carbonyl (C=O) groups is 1. The molecule has 4 rings (SSSR count). The first kappa shape index (κ1) is 11.8. The van der Waals surface area contributed by atoms with Crippen molar-refractivity contribution in [1.29, 1.82) is 0 Å². The molecule has 104 valence electrons. The van der Waals surface area contributed by atoms with Crippen LogP contribution in [-0.4, -0.2) is 33.6 Å². The Morgan fingerprint density at radius 1 is 1.40 bits per heavy atom. The molecule has 7 heteroatoms. The molecule has 2 aliphatic rings. The van der Waals surface area contributed by atoms with Crippen LogP contribution in [0.1, 0.15) is 17.9 Å². The average Bonchev–Trinajstić information content (AvgIpc) is 3.04. The van der Waals surface area contributed by atoms with Crippen molar-refractivity contribution in [2.45, 2.75) is 18.5 Å². The summed E-state index contributed by atoms with van der Waals surface area (Å²) < 4.78 is 1.76. The maximum Gasteiger partial charge on any atom is 0.221 e. The number of hydrogen-bond donors (Lipinski definition) is 3. The Kier molecular flexibility index (Phi) is 2.51. The molecule has 1 aromatic carbocycles. The lowest BCUT2D eigenvalue weighted by atomic mass is 9.79. The van der Waals surface area contributed by atoms with E-state index < -0.39 is 0 Å². The van der Waals surface area contributed by atoms with Crippen LogP contribution in [0, 0.1) is 5.92 Å². The van der Waals surface area contributed by atoms with Crippen LogP contribution in [0.2, 0.25) is 0 Å². The summed E-state index contributed by atoms with van der Waals surface area (Å²) in [4.78, 5) is 11.8. The highest BCUT2D eigenvalue weighted by molar-refractivity contribution is 5.79. The molecule has 0 radical (unpaired) electrons. The van der Waals surface area contributed by atoms with Crippen LogP contribution >= 0.6 is 0 Å². The number of aryl methyl sites for hydroxylation is 1. The van der Waals surface area contributed by atoms with Crippen LogP contribution in [0.25, 0.3) is 11.0 Å². The summed E-state index contributed by atoms with van der Waals surface area (Å²) in [5, 5.41) is 11.2. The number of benzene rings is 1. The summed E-state index contributed by atoms with van der Waals surface area (Å²) in [7, 11) is 1.88. The van der Waals surface area contributed by atoms with Gasteiger partial charge in [0.2, 0.25) is 5.91 Å². The maximum absolute atomic E-state index is 11.8. The summed E-state index contributed by atoms with van der Waals surface area (Å²) in [6.45, 7) is 0.855. The highest BCUT2D eigenvalue weighted by atomic mass is 16.2. The predicted molar refractivity (Wildman–Crippen MR) is 72.4 cm³/mol. The molecule has 0 aliphatic carbocycles. The van der Waals surface area contributed by atoms with Crippen molar-refractivity contribution in [1.82, 2.24) is 31.2 Å². The lowest BCUT2D eigenvalue weighted by Gasteiger charge is -2.33. The SMILES string of the molecule is Cn1nnc2cc(C3CC(=O)NC4NNCC43)ccc21. The monoisotopic (exact) mass is 272 g/mol. The van der Waals surface area contributed by atoms with Crippen molar-refractivity contribution < 1.29 is 4.79 Å². The van der Waals surface area contributed by atoms with E-state index in [1.807, 2.05) is 13.1 Å². The number of rotatable bonds is 1. The number of piperidine rings is 1. The highest BCUT2D eigenvalue weighted by Crippen LogP contribution is 2.35. The molecule has 0 spiro atoms. The number of hydrazine groups is 1. The Hall–Kier alpha value is -1.99. The third-order valence-electron chi connectivity index (χ3n) is 4.32. The molecular weight excluding hydrogens is 256 g/mol. The first-order valence-electron chi connectivity index (χ1n) is 6.79. The fourth-order valence-corrected chi connectivity index (χ4v) is 3.27. The van der Waals surface area contributed by atoms with E-state index in [-0.39, 0.29) is 18.0 Å². The number of carbonyl (C=O) groups excluding carboxylic acids is 1. The van der Waals surface area contributed by atoms with Crippen molar-refractivity contribution in [3.05, 3.63) is 23.8 Å². The minimum Gasteiger partial charge on any atom is -0.339 e. The molecule has 3 atom stereocenters. The molecule has 2 saturated heterocycles. The van der Waals surface area contributed by atoms with E-state index in [0.29, 0.717) is 12.3 Å². The summed E-state index contributed by atoms with van der Waals surface area (Å²) in [6, 6.07) is 6.17. The normalized spacial score (nSPS) is 29.4. The molecule has 0 saturated carbocycles. The smallest absolute Gasteiger partial charge is 0.221 e. The molecule has 20 heavy (non-hydrogen) atoms. The number of aromatic nitrogens is 3. The topological polar surface area (TPSA) is 83.9 Å². The van der Waals surface area contributed by atoms with Gasteiger partial charge in [0.15, 0.2) is 0 Å². The Morgan fingerprint density at radius 3 is 3.20 bits per heavy atom. The maximum atomic E-state index is 11.8. The highest BCUT2D eigenvalue weighted by Gasteiger charge is 2.40. The molecule has 3 unspecified atom stereocenters. The van der Waals surface area contributed by atoms with Gasteiger partial charge in [-0.1, -0.05) is 11.3 Å². The van der Waals surface area contributed by atoms with Gasteiger partial charge >= 0.3 is 0 Å². The van der Waals surface area contributed by atoms with Gasteiger partial charge in [0.05, 0.1) is 11.7 Å². The van der Waals surface area contributed by atoms with E-state index in [2.05, 4.69) is 38.6 Å². The zero-order chi connectivity index (χ0) is 13.7. The minimum atomic E-state index is 0.0128. The molecule has 1 amide bonds. The Labute approximate surface area is 115 Å². The molecule has 7 nitrogen and oxygen atoms in total. The predicted octanol–water partition coefficient (Wildman–Crippen LogP) is -0.378. The second-order valence-corrected chi connectivity index (χ2v) is 5.51. The molecule has 3 N–H and O–H groups in total. The number of fused-ring (bicyclic) bond motifs is 2. The third-order valence-corrected chi connectivity index (χ3v) is 4.32. The van der Waals surface area contributed by atoms with Crippen LogP contribution in [0.3, 0.4) is 0 Å². The Bertz CT molecular complexity index is 681. The van der Waals surface area contributed by atoms with E-state index in [1.165, 1.54) is 0 Å². The van der Waals surface area contributed by atoms with Crippen LogP contribution in [-0.2, 0) is 11.8 Å². The van der Waals surface area contributed by atoms with Crippen molar-refractivity contribution in [3.63, 3.8) is 0 Å². The number of amides is 1. The molecule has 3 heterocycles. The van der Waals surface area contributed by atoms with Crippen molar-refractivity contribution in [2.24, 2.45) is 13.0 Å². The first-order valence-corrected chi connectivity index (χ1v) is 6.79. The molecule has 0 bridgehead atoms. The van der Waals surface area contributed by atoms with Gasteiger partial charge in [0.1, 0.15) is 5.52 Å². The molecule has 2 aliphatic heterocycles. The van der Waals surface area contributed by atoms with Crippen molar-refractivity contribution >= 4 is 16.9 Å². The van der Waals surface area contributed by atoms with Crippen LogP contribution in [0.4, 0.5) is 0 Å².